The predicted octanol–water partition coefficient (Wildman–Crippen LogP) is 2.28. The highest BCUT2D eigenvalue weighted by Crippen LogP contribution is 2.26. The third-order valence-corrected chi connectivity index (χ3v) is 3.92. The highest BCUT2D eigenvalue weighted by atomic mass is 19.1. The SMILES string of the molecule is O=C(Nc1ccc(F)cc1)NC1CCC2OCCOC2C1. The van der Waals surface area contributed by atoms with Crippen molar-refractivity contribution in [2.75, 3.05) is 18.5 Å². The maximum Gasteiger partial charge on any atom is 0.319 e. The summed E-state index contributed by atoms with van der Waals surface area (Å²) in [5, 5.41) is 5.64. The first-order valence-electron chi connectivity index (χ1n) is 7.27. The Morgan fingerprint density at radius 3 is 2.57 bits per heavy atom. The van der Waals surface area contributed by atoms with Crippen LogP contribution in [0.4, 0.5) is 14.9 Å². The molecule has 1 heterocycles. The first-order chi connectivity index (χ1) is 10.2. The van der Waals surface area contributed by atoms with E-state index >= 15 is 0 Å². The van der Waals surface area contributed by atoms with Crippen LogP contribution in [0.15, 0.2) is 24.3 Å². The Bertz CT molecular complexity index is 494. The van der Waals surface area contributed by atoms with Gasteiger partial charge < -0.3 is 20.1 Å². The molecular formula is C15H19FN2O3. The Kier molecular flexibility index (Phi) is 4.36. The fourth-order valence-corrected chi connectivity index (χ4v) is 2.88. The molecule has 1 aliphatic carbocycles. The molecule has 0 spiro atoms. The van der Waals surface area contributed by atoms with Gasteiger partial charge in [0, 0.05) is 11.7 Å². The van der Waals surface area contributed by atoms with E-state index in [-0.39, 0.29) is 30.1 Å². The van der Waals surface area contributed by atoms with Crippen LogP contribution < -0.4 is 10.6 Å². The molecule has 0 radical (unpaired) electrons. The minimum absolute atomic E-state index is 0.0728. The molecule has 1 aliphatic heterocycles. The normalized spacial score (nSPS) is 28.5. The average molecular weight is 294 g/mol. The Labute approximate surface area is 122 Å². The molecule has 2 N–H and O–H groups in total. The largest absolute Gasteiger partial charge is 0.373 e. The van der Waals surface area contributed by atoms with Crippen LogP contribution in [-0.2, 0) is 9.47 Å². The Balaban J connectivity index is 1.49. The van der Waals surface area contributed by atoms with Crippen molar-refractivity contribution in [3.63, 3.8) is 0 Å². The van der Waals surface area contributed by atoms with E-state index in [9.17, 15) is 9.18 Å². The van der Waals surface area contributed by atoms with Gasteiger partial charge in [-0.05, 0) is 43.5 Å². The number of urea groups is 1. The van der Waals surface area contributed by atoms with Crippen LogP contribution in [0.3, 0.4) is 0 Å². The van der Waals surface area contributed by atoms with Crippen molar-refractivity contribution in [1.82, 2.24) is 5.32 Å². The third kappa shape index (κ3) is 3.71. The molecule has 21 heavy (non-hydrogen) atoms. The summed E-state index contributed by atoms with van der Waals surface area (Å²) in [4.78, 5) is 11.9. The van der Waals surface area contributed by atoms with E-state index in [1.165, 1.54) is 24.3 Å². The van der Waals surface area contributed by atoms with Gasteiger partial charge >= 0.3 is 6.03 Å². The second kappa shape index (κ2) is 6.41. The van der Waals surface area contributed by atoms with Gasteiger partial charge in [0.1, 0.15) is 5.82 Å². The Morgan fingerprint density at radius 2 is 1.81 bits per heavy atom. The Hall–Kier alpha value is -1.66. The summed E-state index contributed by atoms with van der Waals surface area (Å²) in [7, 11) is 0. The van der Waals surface area contributed by atoms with Crippen LogP contribution in [-0.4, -0.2) is 37.5 Å². The Morgan fingerprint density at radius 1 is 1.10 bits per heavy atom. The van der Waals surface area contributed by atoms with Crippen LogP contribution in [0.25, 0.3) is 0 Å². The van der Waals surface area contributed by atoms with Crippen molar-refractivity contribution < 1.29 is 18.7 Å². The third-order valence-electron chi connectivity index (χ3n) is 3.92. The van der Waals surface area contributed by atoms with Crippen molar-refractivity contribution in [3.8, 4) is 0 Å². The lowest BCUT2D eigenvalue weighted by atomic mass is 9.90. The van der Waals surface area contributed by atoms with Crippen molar-refractivity contribution >= 4 is 11.7 Å². The van der Waals surface area contributed by atoms with Gasteiger partial charge in [-0.1, -0.05) is 0 Å². The predicted molar refractivity (Wildman–Crippen MR) is 75.7 cm³/mol. The number of carbonyl (C=O) groups excluding carboxylic acids is 1. The number of anilines is 1. The second-order valence-electron chi connectivity index (χ2n) is 5.43. The summed E-state index contributed by atoms with van der Waals surface area (Å²) in [6.07, 6.45) is 2.77. The number of amides is 2. The molecule has 6 heteroatoms. The van der Waals surface area contributed by atoms with Gasteiger partial charge in [0.25, 0.3) is 0 Å². The number of benzene rings is 1. The van der Waals surface area contributed by atoms with Crippen molar-refractivity contribution in [3.05, 3.63) is 30.1 Å². The van der Waals surface area contributed by atoms with Gasteiger partial charge in [0.05, 0.1) is 25.4 Å². The number of ether oxygens (including phenoxy) is 2. The fraction of sp³-hybridized carbons (Fsp3) is 0.533. The molecular weight excluding hydrogens is 275 g/mol. The average Bonchev–Trinajstić information content (AvgIpc) is 2.49. The number of carbonyl (C=O) groups is 1. The van der Waals surface area contributed by atoms with E-state index in [0.29, 0.717) is 18.9 Å². The maximum absolute atomic E-state index is 12.8. The topological polar surface area (TPSA) is 59.6 Å². The summed E-state index contributed by atoms with van der Waals surface area (Å²) in [6.45, 7) is 1.28. The van der Waals surface area contributed by atoms with Crippen LogP contribution in [0.2, 0.25) is 0 Å². The van der Waals surface area contributed by atoms with Gasteiger partial charge in [-0.25, -0.2) is 9.18 Å². The summed E-state index contributed by atoms with van der Waals surface area (Å²) in [6, 6.07) is 5.49. The van der Waals surface area contributed by atoms with Crippen molar-refractivity contribution in [1.29, 1.82) is 0 Å². The summed E-state index contributed by atoms with van der Waals surface area (Å²) < 4.78 is 24.1. The zero-order chi connectivity index (χ0) is 14.7. The van der Waals surface area contributed by atoms with Gasteiger partial charge in [-0.3, -0.25) is 0 Å². The van der Waals surface area contributed by atoms with Crippen LogP contribution >= 0.6 is 0 Å². The quantitative estimate of drug-likeness (QED) is 0.880. The molecule has 114 valence electrons. The molecule has 5 nitrogen and oxygen atoms in total. The van der Waals surface area contributed by atoms with Gasteiger partial charge in [0.15, 0.2) is 0 Å². The van der Waals surface area contributed by atoms with Crippen molar-refractivity contribution in [2.45, 2.75) is 37.5 Å². The van der Waals surface area contributed by atoms with E-state index in [1.54, 1.807) is 0 Å². The summed E-state index contributed by atoms with van der Waals surface area (Å²) >= 11 is 0. The first kappa shape index (κ1) is 14.3. The fourth-order valence-electron chi connectivity index (χ4n) is 2.88. The molecule has 1 aromatic rings. The van der Waals surface area contributed by atoms with Gasteiger partial charge in [-0.15, -0.1) is 0 Å². The minimum atomic E-state index is -0.325. The smallest absolute Gasteiger partial charge is 0.319 e. The molecule has 0 bridgehead atoms. The second-order valence-corrected chi connectivity index (χ2v) is 5.43. The van der Waals surface area contributed by atoms with E-state index in [1.807, 2.05) is 0 Å². The van der Waals surface area contributed by atoms with E-state index in [0.717, 1.165) is 19.3 Å². The molecule has 1 saturated carbocycles. The van der Waals surface area contributed by atoms with E-state index < -0.39 is 0 Å². The molecule has 2 amide bonds. The molecule has 1 saturated heterocycles. The zero-order valence-corrected chi connectivity index (χ0v) is 11.7. The lowest BCUT2D eigenvalue weighted by Crippen LogP contribution is -2.50. The molecule has 3 unspecified atom stereocenters. The number of rotatable bonds is 2. The molecule has 3 rings (SSSR count). The van der Waals surface area contributed by atoms with Gasteiger partial charge in [0.2, 0.25) is 0 Å². The highest BCUT2D eigenvalue weighted by molar-refractivity contribution is 5.89. The molecule has 2 fully saturated rings. The van der Waals surface area contributed by atoms with Crippen molar-refractivity contribution in [2.24, 2.45) is 0 Å². The summed E-state index contributed by atoms with van der Waals surface area (Å²) in [5.74, 6) is -0.325. The zero-order valence-electron chi connectivity index (χ0n) is 11.7. The standard InChI is InChI=1S/C15H19FN2O3/c16-10-1-3-11(4-2-10)17-15(19)18-12-5-6-13-14(9-12)21-8-7-20-13/h1-4,12-14H,5-9H2,(H2,17,18,19). The van der Waals surface area contributed by atoms with Crippen LogP contribution in [0, 0.1) is 5.82 Å². The number of nitrogens with one attached hydrogen (secondary N) is 2. The molecule has 3 atom stereocenters. The molecule has 2 aliphatic rings. The van der Waals surface area contributed by atoms with E-state index in [2.05, 4.69) is 10.6 Å². The maximum atomic E-state index is 12.8. The van der Waals surface area contributed by atoms with Crippen LogP contribution in [0.5, 0.6) is 0 Å². The van der Waals surface area contributed by atoms with E-state index in [4.69, 9.17) is 9.47 Å². The van der Waals surface area contributed by atoms with Crippen LogP contribution in [0.1, 0.15) is 19.3 Å². The molecule has 0 aromatic heterocycles. The number of halogens is 1. The minimum Gasteiger partial charge on any atom is -0.373 e. The number of hydrogen-bond acceptors (Lipinski definition) is 3. The highest BCUT2D eigenvalue weighted by Gasteiger charge is 2.34. The van der Waals surface area contributed by atoms with Gasteiger partial charge in [-0.2, -0.15) is 0 Å². The number of fused-ring (bicyclic) bond motifs is 1. The summed E-state index contributed by atoms with van der Waals surface area (Å²) in [5.41, 5.74) is 0.569. The lowest BCUT2D eigenvalue weighted by Gasteiger charge is -2.39. The first-order valence-corrected chi connectivity index (χ1v) is 7.27. The lowest BCUT2D eigenvalue weighted by molar-refractivity contribution is -0.157. The molecule has 1 aromatic carbocycles. The monoisotopic (exact) mass is 294 g/mol. The number of hydrogen-bond donors (Lipinski definition) is 2.